The van der Waals surface area contributed by atoms with E-state index in [0.29, 0.717) is 12.4 Å². The average Bonchev–Trinajstić information content (AvgIpc) is 3.20. The van der Waals surface area contributed by atoms with Crippen LogP contribution in [-0.2, 0) is 15.0 Å². The summed E-state index contributed by atoms with van der Waals surface area (Å²) in [5, 5.41) is 7.92. The number of aryl methyl sites for hydroxylation is 2. The highest BCUT2D eigenvalue weighted by Gasteiger charge is 2.40. The largest absolute Gasteiger partial charge is 0.496 e. The first-order valence-electron chi connectivity index (χ1n) is 13.1. The number of rotatable bonds is 7. The van der Waals surface area contributed by atoms with E-state index in [0.717, 1.165) is 45.8 Å². The minimum absolute atomic E-state index is 0.0643. The molecule has 0 radical (unpaired) electrons. The number of amides is 2. The van der Waals surface area contributed by atoms with Gasteiger partial charge in [0.25, 0.3) is 0 Å². The number of para-hydroxylation sites is 1. The van der Waals surface area contributed by atoms with Gasteiger partial charge in [0, 0.05) is 23.1 Å². The van der Waals surface area contributed by atoms with Crippen LogP contribution in [0.5, 0.6) is 5.75 Å². The quantitative estimate of drug-likeness (QED) is 0.434. The lowest BCUT2D eigenvalue weighted by Crippen LogP contribution is -2.42. The molecule has 7 nitrogen and oxygen atoms in total. The Hall–Kier alpha value is -3.26. The Morgan fingerprint density at radius 2 is 1.92 bits per heavy atom. The summed E-state index contributed by atoms with van der Waals surface area (Å²) in [5.41, 5.74) is 5.58. The van der Waals surface area contributed by atoms with Gasteiger partial charge in [-0.05, 0) is 38.0 Å². The van der Waals surface area contributed by atoms with E-state index in [-0.39, 0.29) is 34.8 Å². The van der Waals surface area contributed by atoms with Gasteiger partial charge in [0.05, 0.1) is 29.5 Å². The Balaban J connectivity index is 2.05. The summed E-state index contributed by atoms with van der Waals surface area (Å²) in [4.78, 5) is 28.4. The van der Waals surface area contributed by atoms with Gasteiger partial charge in [-0.2, -0.15) is 5.10 Å². The van der Waals surface area contributed by atoms with Crippen LogP contribution >= 0.6 is 11.8 Å². The molecular weight excluding hydrogens is 496 g/mol. The summed E-state index contributed by atoms with van der Waals surface area (Å²) < 4.78 is 7.64. The lowest BCUT2D eigenvalue weighted by Gasteiger charge is -2.25. The van der Waals surface area contributed by atoms with E-state index in [4.69, 9.17) is 9.84 Å². The predicted octanol–water partition coefficient (Wildman–Crippen LogP) is 5.49. The highest BCUT2D eigenvalue weighted by Crippen LogP contribution is 2.50. The lowest BCUT2D eigenvalue weighted by atomic mass is 9.87. The second kappa shape index (κ2) is 11.2. The number of hydrogen-bond donors (Lipinski definition) is 1. The first kappa shape index (κ1) is 27.8. The van der Waals surface area contributed by atoms with Crippen LogP contribution in [0.4, 0.5) is 5.82 Å². The zero-order valence-electron chi connectivity index (χ0n) is 23.4. The number of thioether (sulfide) groups is 1. The summed E-state index contributed by atoms with van der Waals surface area (Å²) in [6.07, 6.45) is 0.825. The molecule has 1 N–H and O–H groups in total. The van der Waals surface area contributed by atoms with Crippen LogP contribution in [0.2, 0.25) is 0 Å². The molecular formula is C30H38N4O3S. The van der Waals surface area contributed by atoms with E-state index in [1.807, 2.05) is 35.9 Å². The maximum atomic E-state index is 13.8. The number of benzene rings is 2. The minimum atomic E-state index is -0.321. The third kappa shape index (κ3) is 5.46. The van der Waals surface area contributed by atoms with Gasteiger partial charge in [-0.15, -0.1) is 11.8 Å². The molecule has 202 valence electrons. The molecule has 0 saturated carbocycles. The van der Waals surface area contributed by atoms with Crippen molar-refractivity contribution in [3.63, 3.8) is 0 Å². The molecule has 8 heteroatoms. The molecule has 2 heterocycles. The van der Waals surface area contributed by atoms with E-state index < -0.39 is 0 Å². The summed E-state index contributed by atoms with van der Waals surface area (Å²) in [7, 11) is 1.67. The van der Waals surface area contributed by atoms with Gasteiger partial charge in [-0.1, -0.05) is 63.6 Å². The molecule has 38 heavy (non-hydrogen) atoms. The molecule has 2 amide bonds. The van der Waals surface area contributed by atoms with Crippen molar-refractivity contribution in [2.45, 2.75) is 58.6 Å². The highest BCUT2D eigenvalue weighted by molar-refractivity contribution is 8.00. The standard InChI is InChI=1S/C30H38N4O3S/c1-8-15-31-24(35)17-33-25(36)18-38-27(21-11-9-10-12-23(21)37-7)26-28(30(4,5)6)32-34(29(26)33)22-14-13-19(2)16-20(22)3/h9-14,16,27H,8,15,17-18H2,1-7H3,(H,31,35)/t27-/m0/s1. The number of methoxy groups -OCH3 is 1. The maximum Gasteiger partial charge on any atom is 0.240 e. The summed E-state index contributed by atoms with van der Waals surface area (Å²) in [5.74, 6) is 1.34. The number of nitrogens with one attached hydrogen (secondary N) is 1. The maximum absolute atomic E-state index is 13.8. The van der Waals surface area contributed by atoms with E-state index in [9.17, 15) is 9.59 Å². The minimum Gasteiger partial charge on any atom is -0.496 e. The molecule has 0 aliphatic carbocycles. The molecule has 3 aromatic rings. The summed E-state index contributed by atoms with van der Waals surface area (Å²) >= 11 is 1.56. The molecule has 1 atom stereocenters. The third-order valence-electron chi connectivity index (χ3n) is 6.68. The van der Waals surface area contributed by atoms with Crippen molar-refractivity contribution in [1.82, 2.24) is 15.1 Å². The molecule has 0 fully saturated rings. The smallest absolute Gasteiger partial charge is 0.240 e. The zero-order valence-corrected chi connectivity index (χ0v) is 24.2. The van der Waals surface area contributed by atoms with Crippen molar-refractivity contribution in [2.75, 3.05) is 30.9 Å². The second-order valence-corrected chi connectivity index (χ2v) is 11.9. The Morgan fingerprint density at radius 3 is 2.58 bits per heavy atom. The summed E-state index contributed by atoms with van der Waals surface area (Å²) in [6.45, 7) is 13.0. The van der Waals surface area contributed by atoms with Crippen molar-refractivity contribution < 1.29 is 14.3 Å². The fraction of sp³-hybridized carbons (Fsp3) is 0.433. The van der Waals surface area contributed by atoms with Crippen LogP contribution in [0.15, 0.2) is 42.5 Å². The molecule has 0 unspecified atom stereocenters. The third-order valence-corrected chi connectivity index (χ3v) is 7.91. The van der Waals surface area contributed by atoms with Crippen LogP contribution in [-0.4, -0.2) is 47.5 Å². The SMILES string of the molecule is CCCNC(=O)CN1C(=O)CS[C@@H](c2ccccc2OC)c2c(C(C)(C)C)nn(-c3ccc(C)cc3C)c21. The van der Waals surface area contributed by atoms with E-state index in [1.165, 1.54) is 0 Å². The number of carbonyl (C=O) groups is 2. The number of fused-ring (bicyclic) bond motifs is 1. The van der Waals surface area contributed by atoms with Crippen molar-refractivity contribution >= 4 is 29.4 Å². The van der Waals surface area contributed by atoms with E-state index >= 15 is 0 Å². The monoisotopic (exact) mass is 534 g/mol. The van der Waals surface area contributed by atoms with Crippen molar-refractivity contribution in [2.24, 2.45) is 0 Å². The van der Waals surface area contributed by atoms with Crippen LogP contribution in [0.3, 0.4) is 0 Å². The van der Waals surface area contributed by atoms with Gasteiger partial charge < -0.3 is 10.1 Å². The first-order chi connectivity index (χ1) is 18.1. The lowest BCUT2D eigenvalue weighted by molar-refractivity contribution is -0.122. The Morgan fingerprint density at radius 1 is 1.18 bits per heavy atom. The van der Waals surface area contributed by atoms with Gasteiger partial charge in [-0.25, -0.2) is 4.68 Å². The van der Waals surface area contributed by atoms with Crippen LogP contribution in [0, 0.1) is 13.8 Å². The highest BCUT2D eigenvalue weighted by atomic mass is 32.2. The van der Waals surface area contributed by atoms with Gasteiger partial charge in [0.1, 0.15) is 18.1 Å². The first-order valence-corrected chi connectivity index (χ1v) is 14.1. The fourth-order valence-electron chi connectivity index (χ4n) is 4.88. The van der Waals surface area contributed by atoms with Crippen LogP contribution in [0.1, 0.15) is 67.3 Å². The summed E-state index contributed by atoms with van der Waals surface area (Å²) in [6, 6.07) is 14.1. The van der Waals surface area contributed by atoms with Gasteiger partial charge in [-0.3, -0.25) is 14.5 Å². The normalized spacial score (nSPS) is 15.7. The van der Waals surface area contributed by atoms with Gasteiger partial charge in [0.2, 0.25) is 11.8 Å². The molecule has 2 aromatic carbocycles. The van der Waals surface area contributed by atoms with Crippen molar-refractivity contribution in [3.05, 3.63) is 70.4 Å². The molecule has 1 aliphatic rings. The van der Waals surface area contributed by atoms with E-state index in [1.54, 1.807) is 23.8 Å². The number of ether oxygens (including phenoxy) is 1. The molecule has 1 aromatic heterocycles. The second-order valence-electron chi connectivity index (χ2n) is 10.8. The number of aromatic nitrogens is 2. The average molecular weight is 535 g/mol. The predicted molar refractivity (Wildman–Crippen MR) is 155 cm³/mol. The van der Waals surface area contributed by atoms with Crippen molar-refractivity contribution in [1.29, 1.82) is 0 Å². The number of carbonyl (C=O) groups excluding carboxylic acids is 2. The number of anilines is 1. The molecule has 0 bridgehead atoms. The Bertz CT molecular complexity index is 1340. The topological polar surface area (TPSA) is 76.5 Å². The van der Waals surface area contributed by atoms with Crippen LogP contribution in [0.25, 0.3) is 5.69 Å². The Labute approximate surface area is 229 Å². The number of hydrogen-bond acceptors (Lipinski definition) is 5. The molecule has 0 spiro atoms. The van der Waals surface area contributed by atoms with Crippen molar-refractivity contribution in [3.8, 4) is 11.4 Å². The molecule has 4 rings (SSSR count). The van der Waals surface area contributed by atoms with Crippen LogP contribution < -0.4 is 15.0 Å². The van der Waals surface area contributed by atoms with Gasteiger partial charge in [0.15, 0.2) is 0 Å². The molecule has 0 saturated heterocycles. The molecule has 1 aliphatic heterocycles. The van der Waals surface area contributed by atoms with E-state index in [2.05, 4.69) is 58.1 Å². The van der Waals surface area contributed by atoms with Gasteiger partial charge >= 0.3 is 0 Å². The zero-order chi connectivity index (χ0) is 27.6. The Kier molecular flexibility index (Phi) is 8.21. The fourth-order valence-corrected chi connectivity index (χ4v) is 6.10. The number of nitrogens with zero attached hydrogens (tertiary/aromatic N) is 3.